The molecule has 2 aliphatic heterocycles. The van der Waals surface area contributed by atoms with Crippen LogP contribution >= 0.6 is 0 Å². The minimum Gasteiger partial charge on any atom is -0.312 e. The fraction of sp³-hybridized carbons (Fsp3) is 1.00. The van der Waals surface area contributed by atoms with Gasteiger partial charge in [-0.3, -0.25) is 0 Å². The quantitative estimate of drug-likeness (QED) is 0.693. The summed E-state index contributed by atoms with van der Waals surface area (Å²) in [7, 11) is 2.28. The van der Waals surface area contributed by atoms with E-state index in [0.29, 0.717) is 0 Å². The summed E-state index contributed by atoms with van der Waals surface area (Å²) in [6.45, 7) is 7.22. The van der Waals surface area contributed by atoms with E-state index in [1.165, 1.54) is 25.9 Å². The molecule has 0 radical (unpaired) electrons. The van der Waals surface area contributed by atoms with Gasteiger partial charge >= 0.3 is 0 Å². The second-order valence-electron chi connectivity index (χ2n) is 5.17. The van der Waals surface area contributed by atoms with E-state index in [4.69, 9.17) is 0 Å². The number of nitrogens with one attached hydrogen (secondary N) is 1. The molecule has 13 heavy (non-hydrogen) atoms. The molecule has 0 aromatic heterocycles. The number of likely N-dealkylation sites (N-methyl/N-ethyl adjacent to an activating group) is 1. The van der Waals surface area contributed by atoms with Crippen LogP contribution in [0.3, 0.4) is 0 Å². The molecule has 0 spiro atoms. The molecule has 0 saturated carbocycles. The maximum Gasteiger partial charge on any atom is 0.0264 e. The lowest BCUT2D eigenvalue weighted by Gasteiger charge is -2.26. The van der Waals surface area contributed by atoms with Crippen molar-refractivity contribution in [1.29, 1.82) is 0 Å². The average Bonchev–Trinajstić information content (AvgIpc) is 2.55. The van der Waals surface area contributed by atoms with Crippen molar-refractivity contribution in [2.45, 2.75) is 38.8 Å². The lowest BCUT2D eigenvalue weighted by atomic mass is 9.94. The first-order chi connectivity index (χ1) is 6.18. The normalized spacial score (nSPS) is 40.2. The molecular formula is C11H22N2. The number of rotatable bonds is 2. The molecule has 2 aliphatic rings. The molecule has 2 fully saturated rings. The Hall–Kier alpha value is -0.0800. The van der Waals surface area contributed by atoms with Crippen LogP contribution in [0.1, 0.15) is 26.7 Å². The summed E-state index contributed by atoms with van der Waals surface area (Å²) in [5.41, 5.74) is 0. The molecule has 3 atom stereocenters. The summed E-state index contributed by atoms with van der Waals surface area (Å²) in [6, 6.07) is 1.60. The molecule has 2 heteroatoms. The van der Waals surface area contributed by atoms with E-state index >= 15 is 0 Å². The highest BCUT2D eigenvalue weighted by Gasteiger charge is 2.42. The number of fused-ring (bicyclic) bond motifs is 1. The van der Waals surface area contributed by atoms with Crippen LogP contribution < -0.4 is 5.32 Å². The smallest absolute Gasteiger partial charge is 0.0264 e. The SMILES string of the molecule is CC(C)CC1C2NCCC2CN1C. The molecule has 2 saturated heterocycles. The van der Waals surface area contributed by atoms with E-state index in [0.717, 1.165) is 23.9 Å². The summed E-state index contributed by atoms with van der Waals surface area (Å²) < 4.78 is 0. The minimum absolute atomic E-state index is 0.799. The van der Waals surface area contributed by atoms with Crippen LogP contribution in [0.2, 0.25) is 0 Å². The van der Waals surface area contributed by atoms with E-state index < -0.39 is 0 Å². The molecule has 0 aliphatic carbocycles. The van der Waals surface area contributed by atoms with Gasteiger partial charge in [-0.2, -0.15) is 0 Å². The van der Waals surface area contributed by atoms with Crippen molar-refractivity contribution in [3.05, 3.63) is 0 Å². The third-order valence-electron chi connectivity index (χ3n) is 3.62. The summed E-state index contributed by atoms with van der Waals surface area (Å²) in [4.78, 5) is 2.56. The highest BCUT2D eigenvalue weighted by molar-refractivity contribution is 5.00. The summed E-state index contributed by atoms with van der Waals surface area (Å²) in [5, 5.41) is 3.66. The summed E-state index contributed by atoms with van der Waals surface area (Å²) >= 11 is 0. The van der Waals surface area contributed by atoms with Crippen LogP contribution in [-0.2, 0) is 0 Å². The standard InChI is InChI=1S/C11H22N2/c1-8(2)6-10-11-9(4-5-12-11)7-13(10)3/h8-12H,4-7H2,1-3H3. The summed E-state index contributed by atoms with van der Waals surface area (Å²) in [6.07, 6.45) is 2.74. The zero-order chi connectivity index (χ0) is 9.42. The predicted molar refractivity (Wildman–Crippen MR) is 55.8 cm³/mol. The van der Waals surface area contributed by atoms with Crippen LogP contribution in [-0.4, -0.2) is 37.1 Å². The Bertz CT molecular complexity index is 179. The van der Waals surface area contributed by atoms with Crippen molar-refractivity contribution in [3.63, 3.8) is 0 Å². The van der Waals surface area contributed by atoms with Gasteiger partial charge in [-0.05, 0) is 38.3 Å². The highest BCUT2D eigenvalue weighted by atomic mass is 15.2. The largest absolute Gasteiger partial charge is 0.312 e. The van der Waals surface area contributed by atoms with Crippen molar-refractivity contribution >= 4 is 0 Å². The van der Waals surface area contributed by atoms with Crippen LogP contribution in [0.5, 0.6) is 0 Å². The summed E-state index contributed by atoms with van der Waals surface area (Å²) in [5.74, 6) is 1.77. The topological polar surface area (TPSA) is 15.3 Å². The van der Waals surface area contributed by atoms with E-state index in [-0.39, 0.29) is 0 Å². The second-order valence-corrected chi connectivity index (χ2v) is 5.17. The molecule has 1 N–H and O–H groups in total. The maximum atomic E-state index is 3.66. The molecule has 0 bridgehead atoms. The molecule has 0 aromatic rings. The number of nitrogens with zero attached hydrogens (tertiary/aromatic N) is 1. The van der Waals surface area contributed by atoms with Gasteiger partial charge in [0.25, 0.3) is 0 Å². The zero-order valence-corrected chi connectivity index (χ0v) is 9.09. The molecule has 0 amide bonds. The van der Waals surface area contributed by atoms with Crippen molar-refractivity contribution < 1.29 is 0 Å². The van der Waals surface area contributed by atoms with Gasteiger partial charge in [-0.25, -0.2) is 0 Å². The lowest BCUT2D eigenvalue weighted by Crippen LogP contribution is -2.40. The molecular weight excluding hydrogens is 160 g/mol. The van der Waals surface area contributed by atoms with Gasteiger partial charge < -0.3 is 10.2 Å². The van der Waals surface area contributed by atoms with E-state index in [2.05, 4.69) is 31.1 Å². The maximum absolute atomic E-state index is 3.66. The van der Waals surface area contributed by atoms with Crippen LogP contribution in [0.15, 0.2) is 0 Å². The predicted octanol–water partition coefficient (Wildman–Crippen LogP) is 1.32. The molecule has 76 valence electrons. The lowest BCUT2D eigenvalue weighted by molar-refractivity contribution is 0.246. The zero-order valence-electron chi connectivity index (χ0n) is 9.09. The van der Waals surface area contributed by atoms with Crippen LogP contribution in [0.25, 0.3) is 0 Å². The van der Waals surface area contributed by atoms with Gasteiger partial charge in [0.2, 0.25) is 0 Å². The average molecular weight is 182 g/mol. The fourth-order valence-electron chi connectivity index (χ4n) is 3.03. The molecule has 3 unspecified atom stereocenters. The molecule has 2 heterocycles. The van der Waals surface area contributed by atoms with Crippen LogP contribution in [0.4, 0.5) is 0 Å². The van der Waals surface area contributed by atoms with Gasteiger partial charge in [0.05, 0.1) is 0 Å². The second kappa shape index (κ2) is 3.58. The third kappa shape index (κ3) is 1.75. The third-order valence-corrected chi connectivity index (χ3v) is 3.62. The number of hydrogen-bond donors (Lipinski definition) is 1. The Morgan fingerprint density at radius 1 is 1.46 bits per heavy atom. The van der Waals surface area contributed by atoms with E-state index in [1.54, 1.807) is 0 Å². The van der Waals surface area contributed by atoms with Gasteiger partial charge in [-0.1, -0.05) is 13.8 Å². The van der Waals surface area contributed by atoms with Gasteiger partial charge in [0.1, 0.15) is 0 Å². The first-order valence-electron chi connectivity index (χ1n) is 5.62. The Balaban J connectivity index is 1.99. The van der Waals surface area contributed by atoms with Crippen molar-refractivity contribution in [2.24, 2.45) is 11.8 Å². The van der Waals surface area contributed by atoms with Crippen molar-refractivity contribution in [1.82, 2.24) is 10.2 Å². The van der Waals surface area contributed by atoms with Gasteiger partial charge in [-0.15, -0.1) is 0 Å². The first kappa shape index (κ1) is 9.47. The Labute approximate surface area is 81.7 Å². The van der Waals surface area contributed by atoms with Crippen LogP contribution in [0, 0.1) is 11.8 Å². The highest BCUT2D eigenvalue weighted by Crippen LogP contribution is 2.31. The fourth-order valence-corrected chi connectivity index (χ4v) is 3.03. The molecule has 2 rings (SSSR count). The first-order valence-corrected chi connectivity index (χ1v) is 5.62. The number of likely N-dealkylation sites (tertiary alicyclic amines) is 1. The monoisotopic (exact) mass is 182 g/mol. The Morgan fingerprint density at radius 3 is 2.92 bits per heavy atom. The van der Waals surface area contributed by atoms with Gasteiger partial charge in [0, 0.05) is 18.6 Å². The van der Waals surface area contributed by atoms with E-state index in [1.807, 2.05) is 0 Å². The van der Waals surface area contributed by atoms with Gasteiger partial charge in [0.15, 0.2) is 0 Å². The molecule has 2 nitrogen and oxygen atoms in total. The minimum atomic E-state index is 0.799. The van der Waals surface area contributed by atoms with E-state index in [9.17, 15) is 0 Å². The molecule has 0 aromatic carbocycles. The Morgan fingerprint density at radius 2 is 2.23 bits per heavy atom. The van der Waals surface area contributed by atoms with Crippen molar-refractivity contribution in [3.8, 4) is 0 Å². The van der Waals surface area contributed by atoms with Crippen molar-refractivity contribution in [2.75, 3.05) is 20.1 Å². The number of hydrogen-bond acceptors (Lipinski definition) is 2. The Kier molecular flexibility index (Phi) is 2.61.